The van der Waals surface area contributed by atoms with Gasteiger partial charge < -0.3 is 4.74 Å². The number of nitrogens with zero attached hydrogens (tertiary/aromatic N) is 3. The Balaban J connectivity index is 1.75. The van der Waals surface area contributed by atoms with Crippen molar-refractivity contribution < 1.29 is 9.53 Å². The summed E-state index contributed by atoms with van der Waals surface area (Å²) in [6.07, 6.45) is 2.22. The van der Waals surface area contributed by atoms with Gasteiger partial charge in [-0.15, -0.1) is 10.2 Å². The Kier molecular flexibility index (Phi) is 6.37. The van der Waals surface area contributed by atoms with Gasteiger partial charge in [-0.1, -0.05) is 42.0 Å². The van der Waals surface area contributed by atoms with Gasteiger partial charge in [0.1, 0.15) is 28.1 Å². The maximum Gasteiger partial charge on any atom is 0.268 e. The maximum absolute atomic E-state index is 12.3. The lowest BCUT2D eigenvalue weighted by Crippen LogP contribution is -2.13. The van der Waals surface area contributed by atoms with Crippen LogP contribution in [0.3, 0.4) is 0 Å². The number of carbonyl (C=O) groups is 1. The number of aryl methyl sites for hydroxylation is 1. The van der Waals surface area contributed by atoms with Crippen molar-refractivity contribution in [2.24, 2.45) is 0 Å². The maximum atomic E-state index is 12.3. The van der Waals surface area contributed by atoms with Crippen molar-refractivity contribution in [2.75, 3.05) is 5.32 Å². The molecule has 28 heavy (non-hydrogen) atoms. The molecule has 0 aliphatic carbocycles. The fourth-order valence-corrected chi connectivity index (χ4v) is 3.03. The summed E-state index contributed by atoms with van der Waals surface area (Å²) in [5, 5.41) is 21.6. The Morgan fingerprint density at radius 3 is 2.71 bits per heavy atom. The predicted octanol–water partition coefficient (Wildman–Crippen LogP) is 5.09. The molecule has 0 fully saturated rings. The van der Waals surface area contributed by atoms with Gasteiger partial charge in [0.2, 0.25) is 5.13 Å². The first kappa shape index (κ1) is 19.5. The summed E-state index contributed by atoms with van der Waals surface area (Å²) in [7, 11) is 0. The van der Waals surface area contributed by atoms with Gasteiger partial charge in [0.15, 0.2) is 0 Å². The molecule has 1 heterocycles. The van der Waals surface area contributed by atoms with Crippen LogP contribution in [-0.2, 0) is 11.2 Å². The van der Waals surface area contributed by atoms with E-state index in [9.17, 15) is 10.1 Å². The Morgan fingerprint density at radius 2 is 2.04 bits per heavy atom. The number of amides is 1. The van der Waals surface area contributed by atoms with E-state index < -0.39 is 5.91 Å². The lowest BCUT2D eigenvalue weighted by molar-refractivity contribution is -0.112. The summed E-state index contributed by atoms with van der Waals surface area (Å²) in [6, 6.07) is 16.0. The van der Waals surface area contributed by atoms with E-state index >= 15 is 0 Å². The molecule has 1 aromatic heterocycles. The summed E-state index contributed by atoms with van der Waals surface area (Å²) in [6.45, 7) is 1.95. The van der Waals surface area contributed by atoms with E-state index in [-0.39, 0.29) is 5.57 Å². The third-order valence-corrected chi connectivity index (χ3v) is 4.81. The van der Waals surface area contributed by atoms with Crippen molar-refractivity contribution in [2.45, 2.75) is 13.3 Å². The highest BCUT2D eigenvalue weighted by Gasteiger charge is 2.12. The van der Waals surface area contributed by atoms with Gasteiger partial charge in [0, 0.05) is 5.02 Å². The second-order valence-electron chi connectivity index (χ2n) is 5.61. The molecule has 2 aromatic carbocycles. The third-order valence-electron chi connectivity index (χ3n) is 3.57. The zero-order valence-corrected chi connectivity index (χ0v) is 16.4. The smallest absolute Gasteiger partial charge is 0.268 e. The average Bonchev–Trinajstić information content (AvgIpc) is 3.15. The fraction of sp³-hybridized carbons (Fsp3) is 0.100. The number of halogens is 1. The quantitative estimate of drug-likeness (QED) is 0.451. The van der Waals surface area contributed by atoms with Gasteiger partial charge in [-0.25, -0.2) is 0 Å². The standard InChI is InChI=1S/C20H15ClN4O2S/c1-2-18-24-25-20(28-18)23-19(26)14(12-22)10-13-4-3-5-17(11-13)27-16-8-6-15(21)7-9-16/h3-11H,2H2,1H3,(H,23,25,26). The Hall–Kier alpha value is -3.21. The summed E-state index contributed by atoms with van der Waals surface area (Å²) in [5.74, 6) is 0.669. The van der Waals surface area contributed by atoms with Crippen LogP contribution < -0.4 is 10.1 Å². The van der Waals surface area contributed by atoms with E-state index in [1.54, 1.807) is 48.5 Å². The minimum Gasteiger partial charge on any atom is -0.457 e. The number of hydrogen-bond donors (Lipinski definition) is 1. The number of carbonyl (C=O) groups excluding carboxylic acids is 1. The molecule has 0 saturated carbocycles. The van der Waals surface area contributed by atoms with Crippen molar-refractivity contribution in [1.82, 2.24) is 10.2 Å². The molecule has 0 atom stereocenters. The van der Waals surface area contributed by atoms with Crippen LogP contribution in [0.5, 0.6) is 11.5 Å². The molecular formula is C20H15ClN4O2S. The van der Waals surface area contributed by atoms with Crippen molar-refractivity contribution in [3.05, 3.63) is 69.7 Å². The molecule has 1 N–H and O–H groups in total. The SMILES string of the molecule is CCc1nnc(NC(=O)C(C#N)=Cc2cccc(Oc3ccc(Cl)cc3)c2)s1. The molecule has 0 spiro atoms. The van der Waals surface area contributed by atoms with Crippen molar-refractivity contribution >= 4 is 40.1 Å². The molecule has 0 aliphatic heterocycles. The van der Waals surface area contributed by atoms with Crippen LogP contribution >= 0.6 is 22.9 Å². The van der Waals surface area contributed by atoms with Gasteiger partial charge in [0.25, 0.3) is 5.91 Å². The van der Waals surface area contributed by atoms with E-state index in [4.69, 9.17) is 16.3 Å². The Morgan fingerprint density at radius 1 is 1.25 bits per heavy atom. The second-order valence-corrected chi connectivity index (χ2v) is 7.11. The second kappa shape index (κ2) is 9.13. The molecule has 0 unspecified atom stereocenters. The number of nitrogens with one attached hydrogen (secondary N) is 1. The number of hydrogen-bond acceptors (Lipinski definition) is 6. The number of anilines is 1. The molecule has 3 rings (SSSR count). The number of benzene rings is 2. The molecule has 0 aliphatic rings. The number of aromatic nitrogens is 2. The Labute approximate surface area is 171 Å². The van der Waals surface area contributed by atoms with Crippen LogP contribution in [-0.4, -0.2) is 16.1 Å². The highest BCUT2D eigenvalue weighted by atomic mass is 35.5. The summed E-state index contributed by atoms with van der Waals surface area (Å²) in [5.41, 5.74) is 0.613. The van der Waals surface area contributed by atoms with Crippen molar-refractivity contribution in [1.29, 1.82) is 5.26 Å². The van der Waals surface area contributed by atoms with E-state index in [2.05, 4.69) is 15.5 Å². The highest BCUT2D eigenvalue weighted by molar-refractivity contribution is 7.15. The predicted molar refractivity (Wildman–Crippen MR) is 109 cm³/mol. The fourth-order valence-electron chi connectivity index (χ4n) is 2.23. The van der Waals surface area contributed by atoms with Gasteiger partial charge in [-0.05, 0) is 54.5 Å². The van der Waals surface area contributed by atoms with Crippen LogP contribution in [0.1, 0.15) is 17.5 Å². The molecule has 0 saturated heterocycles. The van der Waals surface area contributed by atoms with E-state index in [0.29, 0.717) is 27.2 Å². The van der Waals surface area contributed by atoms with Gasteiger partial charge in [-0.3, -0.25) is 10.1 Å². The molecule has 0 radical (unpaired) electrons. The number of rotatable bonds is 6. The van der Waals surface area contributed by atoms with Crippen molar-refractivity contribution in [3.8, 4) is 17.6 Å². The van der Waals surface area contributed by atoms with Crippen LogP contribution in [0, 0.1) is 11.3 Å². The molecule has 8 heteroatoms. The number of nitriles is 1. The molecule has 0 bridgehead atoms. The monoisotopic (exact) mass is 410 g/mol. The molecule has 3 aromatic rings. The van der Waals surface area contributed by atoms with Crippen LogP contribution in [0.15, 0.2) is 54.1 Å². The van der Waals surface area contributed by atoms with E-state index in [1.165, 1.54) is 17.4 Å². The first-order chi connectivity index (χ1) is 13.6. The van der Waals surface area contributed by atoms with Gasteiger partial charge in [-0.2, -0.15) is 5.26 Å². The summed E-state index contributed by atoms with van der Waals surface area (Å²) < 4.78 is 5.77. The van der Waals surface area contributed by atoms with E-state index in [1.807, 2.05) is 13.0 Å². The van der Waals surface area contributed by atoms with Crippen molar-refractivity contribution in [3.63, 3.8) is 0 Å². The minimum atomic E-state index is -0.537. The molecular weight excluding hydrogens is 396 g/mol. The average molecular weight is 411 g/mol. The number of ether oxygens (including phenoxy) is 1. The normalized spacial score (nSPS) is 11.0. The zero-order valence-electron chi connectivity index (χ0n) is 14.8. The van der Waals surface area contributed by atoms with Crippen LogP contribution in [0.25, 0.3) is 6.08 Å². The van der Waals surface area contributed by atoms with Crippen LogP contribution in [0.2, 0.25) is 5.02 Å². The summed E-state index contributed by atoms with van der Waals surface area (Å²) >= 11 is 7.15. The highest BCUT2D eigenvalue weighted by Crippen LogP contribution is 2.25. The van der Waals surface area contributed by atoms with Crippen LogP contribution in [0.4, 0.5) is 5.13 Å². The van der Waals surface area contributed by atoms with E-state index in [0.717, 1.165) is 11.4 Å². The minimum absolute atomic E-state index is 0.0445. The summed E-state index contributed by atoms with van der Waals surface area (Å²) in [4.78, 5) is 12.3. The zero-order chi connectivity index (χ0) is 19.9. The lowest BCUT2D eigenvalue weighted by atomic mass is 10.1. The molecule has 140 valence electrons. The first-order valence-corrected chi connectivity index (χ1v) is 9.56. The van der Waals surface area contributed by atoms with Gasteiger partial charge in [0.05, 0.1) is 0 Å². The topological polar surface area (TPSA) is 87.9 Å². The lowest BCUT2D eigenvalue weighted by Gasteiger charge is -2.06. The Bertz CT molecular complexity index is 1050. The first-order valence-electron chi connectivity index (χ1n) is 8.36. The molecule has 6 nitrogen and oxygen atoms in total. The molecule has 1 amide bonds. The van der Waals surface area contributed by atoms with Gasteiger partial charge >= 0.3 is 0 Å². The largest absolute Gasteiger partial charge is 0.457 e. The third kappa shape index (κ3) is 5.16.